The van der Waals surface area contributed by atoms with Crippen LogP contribution in [-0.4, -0.2) is 34.0 Å². The summed E-state index contributed by atoms with van der Waals surface area (Å²) in [5.74, 6) is 0.533. The van der Waals surface area contributed by atoms with E-state index in [0.717, 1.165) is 22.0 Å². The Bertz CT molecular complexity index is 1420. The van der Waals surface area contributed by atoms with E-state index in [2.05, 4.69) is 13.8 Å². The minimum absolute atomic E-state index is 0.148. The number of ether oxygens (including phenoxy) is 3. The smallest absolute Gasteiger partial charge is 0.340 e. The van der Waals surface area contributed by atoms with Gasteiger partial charge in [-0.15, -0.1) is 0 Å². The van der Waals surface area contributed by atoms with Crippen molar-refractivity contribution in [2.75, 3.05) is 13.3 Å². The van der Waals surface area contributed by atoms with Gasteiger partial charge in [-0.2, -0.15) is 0 Å². The number of nitrogens with two attached hydrogens (primary N) is 1. The van der Waals surface area contributed by atoms with Gasteiger partial charge in [-0.1, -0.05) is 13.8 Å². The molecule has 5 heterocycles. The average molecular weight is 449 g/mol. The second kappa shape index (κ2) is 6.79. The summed E-state index contributed by atoms with van der Waals surface area (Å²) < 4.78 is 17.8. The normalized spacial score (nSPS) is 18.2. The second-order valence-corrected chi connectivity index (χ2v) is 9.55. The van der Waals surface area contributed by atoms with E-state index >= 15 is 0 Å². The Hall–Kier alpha value is -3.43. The van der Waals surface area contributed by atoms with Gasteiger partial charge in [0, 0.05) is 22.6 Å². The van der Waals surface area contributed by atoms with Gasteiger partial charge in [-0.05, 0) is 36.1 Å². The lowest BCUT2D eigenvalue weighted by Gasteiger charge is -2.25. The van der Waals surface area contributed by atoms with Gasteiger partial charge in [0.15, 0.2) is 17.6 Å². The van der Waals surface area contributed by atoms with Gasteiger partial charge in [0.2, 0.25) is 6.79 Å². The number of hydrogen-bond donors (Lipinski definition) is 2. The fourth-order valence-electron chi connectivity index (χ4n) is 4.85. The van der Waals surface area contributed by atoms with E-state index < -0.39 is 12.1 Å². The number of aliphatic hydroxyl groups excluding tert-OH is 1. The molecule has 1 aromatic carbocycles. The molecule has 170 valence electrons. The topological polar surface area (TPSA) is 126 Å². The number of aromatic nitrogens is 2. The summed E-state index contributed by atoms with van der Waals surface area (Å²) in [6.45, 7) is 5.05. The Kier molecular flexibility index (Phi) is 4.15. The molecule has 0 radical (unpaired) electrons. The summed E-state index contributed by atoms with van der Waals surface area (Å²) >= 11 is 0. The number of cyclic esters (lactones) is 1. The van der Waals surface area contributed by atoms with Crippen LogP contribution in [0.4, 0.5) is 0 Å². The number of fused-ring (bicyclic) bond motifs is 6. The van der Waals surface area contributed by atoms with Gasteiger partial charge in [0.25, 0.3) is 5.56 Å². The summed E-state index contributed by atoms with van der Waals surface area (Å²) in [6, 6.07) is 5.49. The minimum atomic E-state index is -1.48. The van der Waals surface area contributed by atoms with Gasteiger partial charge >= 0.3 is 5.97 Å². The van der Waals surface area contributed by atoms with Crippen molar-refractivity contribution >= 4 is 16.9 Å². The van der Waals surface area contributed by atoms with Crippen molar-refractivity contribution in [3.8, 4) is 22.9 Å². The average Bonchev–Trinajstić information content (AvgIpc) is 3.40. The first kappa shape index (κ1) is 20.2. The minimum Gasteiger partial charge on any atom is -0.458 e. The fourth-order valence-corrected chi connectivity index (χ4v) is 4.85. The Labute approximate surface area is 188 Å². The van der Waals surface area contributed by atoms with E-state index in [4.69, 9.17) is 24.9 Å². The second-order valence-electron chi connectivity index (χ2n) is 9.55. The van der Waals surface area contributed by atoms with Crippen LogP contribution in [0.5, 0.6) is 11.5 Å². The zero-order valence-electron chi connectivity index (χ0n) is 18.3. The van der Waals surface area contributed by atoms with Crippen molar-refractivity contribution in [1.29, 1.82) is 0 Å². The highest BCUT2D eigenvalue weighted by Gasteiger charge is 2.35. The molecule has 0 saturated heterocycles. The van der Waals surface area contributed by atoms with E-state index in [9.17, 15) is 14.7 Å². The summed E-state index contributed by atoms with van der Waals surface area (Å²) in [7, 11) is 0. The fraction of sp³-hybridized carbons (Fsp3) is 0.375. The summed E-state index contributed by atoms with van der Waals surface area (Å²) in [6.07, 6.45) is -0.807. The van der Waals surface area contributed by atoms with Crippen LogP contribution in [0.3, 0.4) is 0 Å². The first-order valence-corrected chi connectivity index (χ1v) is 10.8. The van der Waals surface area contributed by atoms with Crippen molar-refractivity contribution < 1.29 is 24.1 Å². The van der Waals surface area contributed by atoms with E-state index in [-0.39, 0.29) is 29.9 Å². The third-order valence-corrected chi connectivity index (χ3v) is 6.78. The van der Waals surface area contributed by atoms with Crippen molar-refractivity contribution in [2.24, 2.45) is 11.1 Å². The number of carbonyl (C=O) groups excluding carboxylic acids is 1. The molecule has 0 amide bonds. The largest absolute Gasteiger partial charge is 0.458 e. The van der Waals surface area contributed by atoms with Gasteiger partial charge in [-0.25, -0.2) is 9.78 Å². The maximum absolute atomic E-state index is 13.3. The lowest BCUT2D eigenvalue weighted by Crippen LogP contribution is -2.32. The Morgan fingerprint density at radius 3 is 2.67 bits per heavy atom. The number of rotatable bonds is 3. The molecule has 1 unspecified atom stereocenters. The molecule has 3 aromatic rings. The van der Waals surface area contributed by atoms with Gasteiger partial charge in [0.1, 0.15) is 6.61 Å². The van der Waals surface area contributed by atoms with Crippen LogP contribution in [0.25, 0.3) is 22.3 Å². The first-order valence-electron chi connectivity index (χ1n) is 10.8. The van der Waals surface area contributed by atoms with E-state index in [0.29, 0.717) is 48.0 Å². The molecule has 0 saturated carbocycles. The number of hydrogen-bond acceptors (Lipinski definition) is 8. The Morgan fingerprint density at radius 2 is 1.91 bits per heavy atom. The molecule has 1 atom stereocenters. The lowest BCUT2D eigenvalue weighted by molar-refractivity contribution is -0.157. The van der Waals surface area contributed by atoms with Crippen molar-refractivity contribution in [3.63, 3.8) is 0 Å². The van der Waals surface area contributed by atoms with E-state index in [1.165, 1.54) is 0 Å². The number of pyridine rings is 2. The zero-order chi connectivity index (χ0) is 23.1. The number of esters is 1. The third-order valence-electron chi connectivity index (χ3n) is 6.78. The number of aliphatic hydroxyl groups is 1. The molecular formula is C24H23N3O6. The molecule has 9 nitrogen and oxygen atoms in total. The molecule has 33 heavy (non-hydrogen) atoms. The molecule has 6 rings (SSSR count). The number of carbonyl (C=O) groups is 1. The molecule has 0 spiro atoms. The third kappa shape index (κ3) is 2.89. The van der Waals surface area contributed by atoms with Gasteiger partial charge in [-0.3, -0.25) is 4.79 Å². The summed E-state index contributed by atoms with van der Waals surface area (Å²) in [5, 5.41) is 11.3. The highest BCUT2D eigenvalue weighted by atomic mass is 16.7. The predicted octanol–water partition coefficient (Wildman–Crippen LogP) is 1.77. The summed E-state index contributed by atoms with van der Waals surface area (Å²) in [5.41, 5.74) is 10.1. The Balaban J connectivity index is 1.63. The molecule has 0 aliphatic carbocycles. The van der Waals surface area contributed by atoms with Crippen LogP contribution in [-0.2, 0) is 29.1 Å². The SMILES string of the molecule is CC(C)(CN)Cc1c2c(nc3cc4c(cc13)OCO4)-c1cc3c(c(=O)n1C2)COC(=O)C3O. The van der Waals surface area contributed by atoms with Crippen LogP contribution in [0, 0.1) is 5.41 Å². The monoisotopic (exact) mass is 449 g/mol. The van der Waals surface area contributed by atoms with Crippen LogP contribution >= 0.6 is 0 Å². The molecular weight excluding hydrogens is 426 g/mol. The molecule has 3 aliphatic heterocycles. The zero-order valence-corrected chi connectivity index (χ0v) is 18.3. The number of nitrogens with zero attached hydrogens (tertiary/aromatic N) is 2. The highest BCUT2D eigenvalue weighted by molar-refractivity contribution is 5.91. The number of benzene rings is 1. The van der Waals surface area contributed by atoms with Gasteiger partial charge in [0.05, 0.1) is 29.0 Å². The first-order chi connectivity index (χ1) is 15.8. The van der Waals surface area contributed by atoms with Crippen LogP contribution < -0.4 is 20.8 Å². The quantitative estimate of drug-likeness (QED) is 0.453. The molecule has 9 heteroatoms. The van der Waals surface area contributed by atoms with E-state index in [1.807, 2.05) is 12.1 Å². The van der Waals surface area contributed by atoms with Crippen LogP contribution in [0.2, 0.25) is 0 Å². The maximum atomic E-state index is 13.3. The lowest BCUT2D eigenvalue weighted by atomic mass is 9.82. The van der Waals surface area contributed by atoms with Crippen molar-refractivity contribution in [1.82, 2.24) is 9.55 Å². The molecule has 0 fully saturated rings. The van der Waals surface area contributed by atoms with Crippen molar-refractivity contribution in [3.05, 3.63) is 50.8 Å². The van der Waals surface area contributed by atoms with Crippen LogP contribution in [0.1, 0.15) is 42.2 Å². The highest BCUT2D eigenvalue weighted by Crippen LogP contribution is 2.43. The van der Waals surface area contributed by atoms with Gasteiger partial charge < -0.3 is 29.6 Å². The maximum Gasteiger partial charge on any atom is 0.340 e. The predicted molar refractivity (Wildman–Crippen MR) is 118 cm³/mol. The molecule has 2 aromatic heterocycles. The van der Waals surface area contributed by atoms with Crippen molar-refractivity contribution in [2.45, 2.75) is 39.5 Å². The Morgan fingerprint density at radius 1 is 1.15 bits per heavy atom. The van der Waals surface area contributed by atoms with E-state index in [1.54, 1.807) is 10.6 Å². The summed E-state index contributed by atoms with van der Waals surface area (Å²) in [4.78, 5) is 30.1. The molecule has 3 N–H and O–H groups in total. The molecule has 3 aliphatic rings. The molecule has 0 bridgehead atoms. The van der Waals surface area contributed by atoms with Crippen LogP contribution in [0.15, 0.2) is 23.0 Å². The standard InChI is InChI=1S/C24H23N3O6/c1-24(2,9-25)6-13-11-4-18-19(33-10-32-18)5-16(11)26-20-14(13)7-27-17(20)3-12-15(22(27)29)8-31-23(30)21(12)28/h3-5,21,28H,6-10,25H2,1-2H3.